The molecule has 0 saturated carbocycles. The maximum Gasteiger partial charge on any atom is 0.348 e. The molecule has 3 N–H and O–H groups in total. The molecule has 0 spiro atoms. The highest BCUT2D eigenvalue weighted by Crippen LogP contribution is 2.40. The van der Waals surface area contributed by atoms with Crippen LogP contribution in [0.5, 0.6) is 0 Å². The molecular weight excluding hydrogens is 265 g/mol. The number of aryl methyl sites for hydroxylation is 1. The van der Waals surface area contributed by atoms with Gasteiger partial charge in [0.25, 0.3) is 0 Å². The first-order valence-corrected chi connectivity index (χ1v) is 6.68. The van der Waals surface area contributed by atoms with Gasteiger partial charge in [-0.25, -0.2) is 9.18 Å². The molecule has 1 heterocycles. The topological polar surface area (TPSA) is 63.3 Å². The lowest BCUT2D eigenvalue weighted by Crippen LogP contribution is -1.99. The Morgan fingerprint density at radius 2 is 2.16 bits per heavy atom. The highest BCUT2D eigenvalue weighted by Gasteiger charge is 2.22. The van der Waals surface area contributed by atoms with E-state index in [4.69, 9.17) is 10.8 Å². The van der Waals surface area contributed by atoms with Gasteiger partial charge in [0.15, 0.2) is 0 Å². The maximum absolute atomic E-state index is 14.2. The summed E-state index contributed by atoms with van der Waals surface area (Å²) in [5.74, 6) is -1.40. The number of nitrogens with two attached hydrogens (primary N) is 1. The summed E-state index contributed by atoms with van der Waals surface area (Å²) in [6.45, 7) is 3.56. The van der Waals surface area contributed by atoms with Crippen LogP contribution in [0.4, 0.5) is 10.1 Å². The molecule has 0 bridgehead atoms. The number of hydrogen-bond donors (Lipinski definition) is 2. The van der Waals surface area contributed by atoms with Gasteiger partial charge in [-0.2, -0.15) is 0 Å². The van der Waals surface area contributed by atoms with Crippen LogP contribution in [0.3, 0.4) is 0 Å². The van der Waals surface area contributed by atoms with Crippen LogP contribution in [0.1, 0.15) is 27.7 Å². The Labute approximate surface area is 114 Å². The molecular formula is C14H14FNO2S. The van der Waals surface area contributed by atoms with E-state index < -0.39 is 5.97 Å². The molecule has 0 aliphatic heterocycles. The van der Waals surface area contributed by atoms with Crippen LogP contribution in [0.25, 0.3) is 10.4 Å². The smallest absolute Gasteiger partial charge is 0.348 e. The standard InChI is InChI=1S/C14H14FNO2S/c1-3-8-11(16)13(14(17)18)19-12(8)9-6-4-5-7(2)10(9)15/h4-6H,3,16H2,1-2H3,(H,17,18). The van der Waals surface area contributed by atoms with E-state index in [1.807, 2.05) is 6.92 Å². The molecule has 0 fully saturated rings. The van der Waals surface area contributed by atoms with Gasteiger partial charge in [0, 0.05) is 10.4 Å². The lowest BCUT2D eigenvalue weighted by Gasteiger charge is -2.06. The van der Waals surface area contributed by atoms with E-state index in [0.29, 0.717) is 28.0 Å². The minimum absolute atomic E-state index is 0.0766. The predicted molar refractivity (Wildman–Crippen MR) is 75.2 cm³/mol. The lowest BCUT2D eigenvalue weighted by atomic mass is 10.0. The predicted octanol–water partition coefficient (Wildman–Crippen LogP) is 3.71. The third-order valence-electron chi connectivity index (χ3n) is 3.03. The molecule has 100 valence electrons. The Bertz CT molecular complexity index is 649. The van der Waals surface area contributed by atoms with Crippen molar-refractivity contribution in [2.75, 3.05) is 5.73 Å². The van der Waals surface area contributed by atoms with Gasteiger partial charge in [-0.15, -0.1) is 11.3 Å². The number of carbonyl (C=O) groups is 1. The first-order valence-electron chi connectivity index (χ1n) is 5.87. The summed E-state index contributed by atoms with van der Waals surface area (Å²) in [5, 5.41) is 9.11. The average molecular weight is 279 g/mol. The molecule has 0 aliphatic rings. The van der Waals surface area contributed by atoms with E-state index in [1.165, 1.54) is 0 Å². The Morgan fingerprint density at radius 1 is 1.47 bits per heavy atom. The summed E-state index contributed by atoms with van der Waals surface area (Å²) in [6, 6.07) is 5.08. The second-order valence-electron chi connectivity index (χ2n) is 4.25. The molecule has 0 unspecified atom stereocenters. The van der Waals surface area contributed by atoms with Gasteiger partial charge in [0.2, 0.25) is 0 Å². The number of aromatic carboxylic acids is 1. The molecule has 1 aromatic carbocycles. The summed E-state index contributed by atoms with van der Waals surface area (Å²) in [5.41, 5.74) is 7.74. The van der Waals surface area contributed by atoms with Crippen molar-refractivity contribution in [3.8, 4) is 10.4 Å². The van der Waals surface area contributed by atoms with Crippen molar-refractivity contribution in [3.63, 3.8) is 0 Å². The van der Waals surface area contributed by atoms with Crippen LogP contribution in [0, 0.1) is 12.7 Å². The Balaban J connectivity index is 2.72. The maximum atomic E-state index is 14.2. The Morgan fingerprint density at radius 3 is 2.74 bits per heavy atom. The third-order valence-corrected chi connectivity index (χ3v) is 4.30. The van der Waals surface area contributed by atoms with Crippen LogP contribution in [-0.4, -0.2) is 11.1 Å². The number of carboxylic acids is 1. The highest BCUT2D eigenvalue weighted by molar-refractivity contribution is 7.18. The van der Waals surface area contributed by atoms with E-state index in [1.54, 1.807) is 25.1 Å². The van der Waals surface area contributed by atoms with Crippen LogP contribution in [0.15, 0.2) is 18.2 Å². The number of carboxylic acid groups (broad SMARTS) is 1. The van der Waals surface area contributed by atoms with Crippen molar-refractivity contribution in [3.05, 3.63) is 40.0 Å². The Hall–Kier alpha value is -1.88. The first kappa shape index (κ1) is 13.5. The van der Waals surface area contributed by atoms with Crippen LogP contribution in [-0.2, 0) is 6.42 Å². The third kappa shape index (κ3) is 2.21. The van der Waals surface area contributed by atoms with Crippen LogP contribution in [0.2, 0.25) is 0 Å². The summed E-state index contributed by atoms with van der Waals surface area (Å²) in [4.78, 5) is 11.8. The summed E-state index contributed by atoms with van der Waals surface area (Å²) in [7, 11) is 0. The number of nitrogen functional groups attached to an aromatic ring is 1. The zero-order chi connectivity index (χ0) is 14.2. The molecule has 2 aromatic rings. The zero-order valence-corrected chi connectivity index (χ0v) is 11.5. The molecule has 0 atom stereocenters. The molecule has 19 heavy (non-hydrogen) atoms. The number of halogens is 1. The largest absolute Gasteiger partial charge is 0.477 e. The van der Waals surface area contributed by atoms with Gasteiger partial charge >= 0.3 is 5.97 Å². The number of thiophene rings is 1. The minimum Gasteiger partial charge on any atom is -0.477 e. The normalized spacial score (nSPS) is 10.7. The monoisotopic (exact) mass is 279 g/mol. The quantitative estimate of drug-likeness (QED) is 0.900. The first-order chi connectivity index (χ1) is 8.97. The van der Waals surface area contributed by atoms with Gasteiger partial charge in [-0.05, 0) is 24.5 Å². The van der Waals surface area contributed by atoms with Crippen molar-refractivity contribution in [1.29, 1.82) is 0 Å². The molecule has 2 rings (SSSR count). The number of anilines is 1. The highest BCUT2D eigenvalue weighted by atomic mass is 32.1. The minimum atomic E-state index is -1.07. The van der Waals surface area contributed by atoms with Crippen molar-refractivity contribution in [2.24, 2.45) is 0 Å². The Kier molecular flexibility index (Phi) is 3.57. The van der Waals surface area contributed by atoms with E-state index in [0.717, 1.165) is 11.3 Å². The van der Waals surface area contributed by atoms with E-state index in [9.17, 15) is 9.18 Å². The SMILES string of the molecule is CCc1c(-c2cccc(C)c2F)sc(C(=O)O)c1N. The molecule has 5 heteroatoms. The van der Waals surface area contributed by atoms with Crippen molar-refractivity contribution < 1.29 is 14.3 Å². The average Bonchev–Trinajstić information content (AvgIpc) is 2.69. The van der Waals surface area contributed by atoms with E-state index in [2.05, 4.69) is 0 Å². The summed E-state index contributed by atoms with van der Waals surface area (Å²) in [6.07, 6.45) is 0.568. The van der Waals surface area contributed by atoms with Crippen molar-refractivity contribution in [1.82, 2.24) is 0 Å². The fourth-order valence-corrected chi connectivity index (χ4v) is 3.20. The van der Waals surface area contributed by atoms with Crippen LogP contribution < -0.4 is 5.73 Å². The molecule has 0 amide bonds. The fraction of sp³-hybridized carbons (Fsp3) is 0.214. The van der Waals surface area contributed by atoms with Gasteiger partial charge in [-0.3, -0.25) is 0 Å². The zero-order valence-electron chi connectivity index (χ0n) is 10.7. The van der Waals surface area contributed by atoms with E-state index in [-0.39, 0.29) is 16.4 Å². The van der Waals surface area contributed by atoms with Gasteiger partial charge in [-0.1, -0.05) is 25.1 Å². The molecule has 1 aromatic heterocycles. The van der Waals surface area contributed by atoms with Crippen molar-refractivity contribution >= 4 is 23.0 Å². The molecule has 3 nitrogen and oxygen atoms in total. The van der Waals surface area contributed by atoms with Gasteiger partial charge in [0.1, 0.15) is 10.7 Å². The number of benzene rings is 1. The number of hydrogen-bond acceptors (Lipinski definition) is 3. The molecule has 0 radical (unpaired) electrons. The lowest BCUT2D eigenvalue weighted by molar-refractivity contribution is 0.0703. The fourth-order valence-electron chi connectivity index (χ4n) is 2.03. The van der Waals surface area contributed by atoms with Crippen LogP contribution >= 0.6 is 11.3 Å². The van der Waals surface area contributed by atoms with Gasteiger partial charge in [0.05, 0.1) is 5.69 Å². The van der Waals surface area contributed by atoms with E-state index >= 15 is 0 Å². The molecule has 0 aliphatic carbocycles. The second kappa shape index (κ2) is 5.01. The van der Waals surface area contributed by atoms with Crippen molar-refractivity contribution in [2.45, 2.75) is 20.3 Å². The van der Waals surface area contributed by atoms with Gasteiger partial charge < -0.3 is 10.8 Å². The summed E-state index contributed by atoms with van der Waals surface area (Å²) < 4.78 is 14.2. The molecule has 0 saturated heterocycles. The second-order valence-corrected chi connectivity index (χ2v) is 5.27. The number of rotatable bonds is 3. The summed E-state index contributed by atoms with van der Waals surface area (Å²) >= 11 is 1.03.